The van der Waals surface area contributed by atoms with Crippen molar-refractivity contribution in [2.75, 3.05) is 0 Å². The van der Waals surface area contributed by atoms with E-state index in [4.69, 9.17) is 5.11 Å². The lowest BCUT2D eigenvalue weighted by molar-refractivity contribution is -0.114. The van der Waals surface area contributed by atoms with Crippen LogP contribution in [0, 0.1) is 0 Å². The average molecular weight is 249 g/mol. The van der Waals surface area contributed by atoms with Gasteiger partial charge in [0.1, 0.15) is 0 Å². The van der Waals surface area contributed by atoms with Crippen LogP contribution in [0.5, 0.6) is 0 Å². The summed E-state index contributed by atoms with van der Waals surface area (Å²) >= 11 is 0. The molecular weight excluding hydrogens is 226 g/mol. The topological polar surface area (TPSA) is 53.1 Å². The Hall–Kier alpha value is -1.35. The van der Waals surface area contributed by atoms with Gasteiger partial charge in [0.2, 0.25) is 0 Å². The van der Waals surface area contributed by atoms with E-state index in [1.54, 1.807) is 12.2 Å². The van der Waals surface area contributed by atoms with Gasteiger partial charge in [-0.15, -0.1) is 0 Å². The number of carbonyl (C=O) groups is 1. The average Bonchev–Trinajstić information content (AvgIpc) is 2.84. The first-order valence-corrected chi connectivity index (χ1v) is 6.76. The number of hydrogen-bond acceptors (Lipinski definition) is 2. The molecule has 0 radical (unpaired) electrons. The van der Waals surface area contributed by atoms with E-state index in [0.717, 1.165) is 24.2 Å². The van der Waals surface area contributed by atoms with Crippen LogP contribution in [0.1, 0.15) is 56.8 Å². The Kier molecular flexibility index (Phi) is 7.11. The van der Waals surface area contributed by atoms with Crippen molar-refractivity contribution < 1.29 is 9.90 Å². The molecule has 1 aromatic rings. The van der Waals surface area contributed by atoms with E-state index in [1.165, 1.54) is 19.3 Å². The number of nitrogens with one attached hydrogen (secondary N) is 1. The molecule has 1 rings (SSSR count). The van der Waals surface area contributed by atoms with Gasteiger partial charge in [0.15, 0.2) is 5.78 Å². The van der Waals surface area contributed by atoms with Crippen LogP contribution in [-0.4, -0.2) is 15.9 Å². The highest BCUT2D eigenvalue weighted by Gasteiger charge is 1.98. The second-order valence-corrected chi connectivity index (χ2v) is 4.56. The number of rotatable bonds is 9. The fourth-order valence-electron chi connectivity index (χ4n) is 1.82. The Labute approximate surface area is 109 Å². The molecule has 0 aliphatic carbocycles. The third-order valence-corrected chi connectivity index (χ3v) is 2.91. The molecule has 0 bridgehead atoms. The maximum absolute atomic E-state index is 11.6. The Morgan fingerprint density at radius 3 is 2.72 bits per heavy atom. The van der Waals surface area contributed by atoms with Crippen LogP contribution in [0.25, 0.3) is 6.08 Å². The Morgan fingerprint density at radius 2 is 2.06 bits per heavy atom. The number of aliphatic hydroxyl groups is 1. The van der Waals surface area contributed by atoms with Crippen molar-refractivity contribution in [3.8, 4) is 0 Å². The first-order chi connectivity index (χ1) is 8.76. The molecule has 0 aliphatic rings. The highest BCUT2D eigenvalue weighted by atomic mass is 16.3. The molecule has 0 aliphatic heterocycles. The third kappa shape index (κ3) is 5.82. The minimum atomic E-state index is -0.000779. The summed E-state index contributed by atoms with van der Waals surface area (Å²) in [5, 5.41) is 8.89. The van der Waals surface area contributed by atoms with Crippen molar-refractivity contribution in [2.45, 2.75) is 52.1 Å². The van der Waals surface area contributed by atoms with E-state index in [9.17, 15) is 4.79 Å². The Balaban J connectivity index is 2.22. The zero-order valence-corrected chi connectivity index (χ0v) is 11.1. The molecule has 0 spiro atoms. The monoisotopic (exact) mass is 249 g/mol. The van der Waals surface area contributed by atoms with Crippen molar-refractivity contribution in [2.24, 2.45) is 0 Å². The molecule has 0 unspecified atom stereocenters. The summed E-state index contributed by atoms with van der Waals surface area (Å²) in [6.45, 7) is 2.18. The fraction of sp³-hybridized carbons (Fsp3) is 0.533. The van der Waals surface area contributed by atoms with Crippen LogP contribution >= 0.6 is 0 Å². The van der Waals surface area contributed by atoms with E-state index in [1.807, 2.05) is 12.1 Å². The SMILES string of the molecule is CCCCCCCC(=O)C=Cc1ccc(CO)[nH]1. The molecule has 100 valence electrons. The number of hydrogen-bond donors (Lipinski definition) is 2. The number of ketones is 1. The van der Waals surface area contributed by atoms with Crippen LogP contribution in [0.15, 0.2) is 18.2 Å². The second-order valence-electron chi connectivity index (χ2n) is 4.56. The van der Waals surface area contributed by atoms with Crippen molar-refractivity contribution in [3.05, 3.63) is 29.6 Å². The van der Waals surface area contributed by atoms with Crippen molar-refractivity contribution >= 4 is 11.9 Å². The normalized spacial score (nSPS) is 11.2. The van der Waals surface area contributed by atoms with Gasteiger partial charge in [0.25, 0.3) is 0 Å². The summed E-state index contributed by atoms with van der Waals surface area (Å²) in [5.41, 5.74) is 1.63. The number of unbranched alkanes of at least 4 members (excludes halogenated alkanes) is 4. The van der Waals surface area contributed by atoms with E-state index >= 15 is 0 Å². The first kappa shape index (κ1) is 14.7. The largest absolute Gasteiger partial charge is 0.390 e. The molecule has 1 heterocycles. The molecule has 0 saturated heterocycles. The number of H-pyrrole nitrogens is 1. The molecule has 3 heteroatoms. The molecular formula is C15H23NO2. The van der Waals surface area contributed by atoms with Crippen LogP contribution in [0.2, 0.25) is 0 Å². The minimum Gasteiger partial charge on any atom is -0.390 e. The van der Waals surface area contributed by atoms with Gasteiger partial charge >= 0.3 is 0 Å². The van der Waals surface area contributed by atoms with E-state index < -0.39 is 0 Å². The fourth-order valence-corrected chi connectivity index (χ4v) is 1.82. The number of aromatic amines is 1. The van der Waals surface area contributed by atoms with Gasteiger partial charge in [-0.3, -0.25) is 4.79 Å². The van der Waals surface area contributed by atoms with Crippen molar-refractivity contribution in [3.63, 3.8) is 0 Å². The van der Waals surface area contributed by atoms with Gasteiger partial charge in [-0.25, -0.2) is 0 Å². The summed E-state index contributed by atoms with van der Waals surface area (Å²) in [6.07, 6.45) is 9.86. The maximum Gasteiger partial charge on any atom is 0.155 e. The van der Waals surface area contributed by atoms with Crippen LogP contribution in [0.4, 0.5) is 0 Å². The highest BCUT2D eigenvalue weighted by molar-refractivity contribution is 5.93. The standard InChI is InChI=1S/C15H23NO2/c1-2-3-4-5-6-7-15(18)11-10-13-8-9-14(12-17)16-13/h8-11,16-17H,2-7,12H2,1H3. The van der Waals surface area contributed by atoms with E-state index in [2.05, 4.69) is 11.9 Å². The number of allylic oxidation sites excluding steroid dienone is 1. The lowest BCUT2D eigenvalue weighted by Crippen LogP contribution is -1.92. The number of carbonyl (C=O) groups excluding carboxylic acids is 1. The Morgan fingerprint density at radius 1 is 1.28 bits per heavy atom. The predicted octanol–water partition coefficient (Wildman–Crippen LogP) is 3.45. The summed E-state index contributed by atoms with van der Waals surface area (Å²) in [6, 6.07) is 3.67. The molecule has 2 N–H and O–H groups in total. The van der Waals surface area contributed by atoms with Gasteiger partial charge in [0, 0.05) is 17.8 Å². The quantitative estimate of drug-likeness (QED) is 0.520. The lowest BCUT2D eigenvalue weighted by Gasteiger charge is -1.97. The zero-order valence-electron chi connectivity index (χ0n) is 11.1. The molecule has 0 saturated carbocycles. The van der Waals surface area contributed by atoms with Gasteiger partial charge < -0.3 is 10.1 Å². The zero-order chi connectivity index (χ0) is 13.2. The summed E-state index contributed by atoms with van der Waals surface area (Å²) in [7, 11) is 0. The van der Waals surface area contributed by atoms with E-state index in [0.29, 0.717) is 6.42 Å². The molecule has 0 atom stereocenters. The molecule has 18 heavy (non-hydrogen) atoms. The minimum absolute atomic E-state index is 0.000779. The third-order valence-electron chi connectivity index (χ3n) is 2.91. The predicted molar refractivity (Wildman–Crippen MR) is 74.1 cm³/mol. The summed E-state index contributed by atoms with van der Waals surface area (Å²) < 4.78 is 0. The van der Waals surface area contributed by atoms with Crippen LogP contribution in [-0.2, 0) is 11.4 Å². The maximum atomic E-state index is 11.6. The van der Waals surface area contributed by atoms with Crippen LogP contribution < -0.4 is 0 Å². The van der Waals surface area contributed by atoms with Gasteiger partial charge in [-0.1, -0.05) is 32.6 Å². The summed E-state index contributed by atoms with van der Waals surface area (Å²) in [5.74, 6) is 0.173. The Bertz CT molecular complexity index is 380. The molecule has 0 amide bonds. The van der Waals surface area contributed by atoms with Gasteiger partial charge in [0.05, 0.1) is 6.61 Å². The van der Waals surface area contributed by atoms with Crippen molar-refractivity contribution in [1.29, 1.82) is 0 Å². The van der Waals surface area contributed by atoms with Crippen LogP contribution in [0.3, 0.4) is 0 Å². The molecule has 0 aromatic carbocycles. The number of aromatic nitrogens is 1. The number of aliphatic hydroxyl groups excluding tert-OH is 1. The van der Waals surface area contributed by atoms with Gasteiger partial charge in [-0.05, 0) is 30.7 Å². The summed E-state index contributed by atoms with van der Waals surface area (Å²) in [4.78, 5) is 14.6. The molecule has 0 fully saturated rings. The van der Waals surface area contributed by atoms with Crippen molar-refractivity contribution in [1.82, 2.24) is 4.98 Å². The highest BCUT2D eigenvalue weighted by Crippen LogP contribution is 2.07. The van der Waals surface area contributed by atoms with E-state index in [-0.39, 0.29) is 12.4 Å². The lowest BCUT2D eigenvalue weighted by atomic mass is 10.1. The second kappa shape index (κ2) is 8.70. The smallest absolute Gasteiger partial charge is 0.155 e. The molecule has 1 aromatic heterocycles. The van der Waals surface area contributed by atoms with Gasteiger partial charge in [-0.2, -0.15) is 0 Å². The molecule has 3 nitrogen and oxygen atoms in total. The first-order valence-electron chi connectivity index (χ1n) is 6.76.